The average Bonchev–Trinajstić information content (AvgIpc) is 2.83. The molecule has 1 aliphatic rings. The Hall–Kier alpha value is -1.44. The Labute approximate surface area is 124 Å². The summed E-state index contributed by atoms with van der Waals surface area (Å²) in [4.78, 5) is 11.3. The molecule has 1 fully saturated rings. The lowest BCUT2D eigenvalue weighted by Crippen LogP contribution is -2.30. The predicted molar refractivity (Wildman–Crippen MR) is 76.2 cm³/mol. The van der Waals surface area contributed by atoms with Gasteiger partial charge in [-0.25, -0.2) is 8.42 Å². The van der Waals surface area contributed by atoms with E-state index in [4.69, 9.17) is 9.84 Å². The number of hydrogen-bond acceptors (Lipinski definition) is 4. The van der Waals surface area contributed by atoms with E-state index in [0.717, 1.165) is 5.56 Å². The zero-order valence-electron chi connectivity index (χ0n) is 12.0. The first kappa shape index (κ1) is 15.9. The number of nitrogens with zero attached hydrogens (tertiary/aromatic N) is 1. The van der Waals surface area contributed by atoms with E-state index in [1.54, 1.807) is 26.2 Å². The summed E-state index contributed by atoms with van der Waals surface area (Å²) in [7, 11) is -2.07. The molecule has 0 spiro atoms. The normalized spacial score (nSPS) is 23.3. The highest BCUT2D eigenvalue weighted by atomic mass is 32.2. The molecule has 1 aromatic rings. The fourth-order valence-corrected chi connectivity index (χ4v) is 4.08. The summed E-state index contributed by atoms with van der Waals surface area (Å²) in [5.74, 6) is -1.78. The van der Waals surface area contributed by atoms with Crippen LogP contribution >= 0.6 is 0 Å². The first-order valence-electron chi connectivity index (χ1n) is 6.67. The Kier molecular flexibility index (Phi) is 4.65. The van der Waals surface area contributed by atoms with Crippen LogP contribution in [0.3, 0.4) is 0 Å². The SMILES string of the molecule is COCc1ccc(S(=O)(=O)N2C[C@@H](C)[C@H](C(=O)O)C2)cc1. The first-order valence-corrected chi connectivity index (χ1v) is 8.11. The minimum atomic E-state index is -3.64. The Morgan fingerprint density at radius 1 is 1.33 bits per heavy atom. The lowest BCUT2D eigenvalue weighted by molar-refractivity contribution is -0.142. The van der Waals surface area contributed by atoms with Crippen LogP contribution in [0, 0.1) is 11.8 Å². The second-order valence-electron chi connectivity index (χ2n) is 5.32. The van der Waals surface area contributed by atoms with Gasteiger partial charge in [-0.3, -0.25) is 4.79 Å². The van der Waals surface area contributed by atoms with E-state index in [1.165, 1.54) is 16.4 Å². The van der Waals surface area contributed by atoms with Gasteiger partial charge in [-0.1, -0.05) is 19.1 Å². The highest BCUT2D eigenvalue weighted by molar-refractivity contribution is 7.89. The second-order valence-corrected chi connectivity index (χ2v) is 7.26. The highest BCUT2D eigenvalue weighted by Crippen LogP contribution is 2.28. The summed E-state index contributed by atoms with van der Waals surface area (Å²) in [6.45, 7) is 2.44. The van der Waals surface area contributed by atoms with Crippen LogP contribution in [-0.4, -0.2) is 44.0 Å². The largest absolute Gasteiger partial charge is 0.481 e. The zero-order valence-corrected chi connectivity index (χ0v) is 12.8. The number of carboxylic acids is 1. The third kappa shape index (κ3) is 3.25. The molecular weight excluding hydrogens is 294 g/mol. The molecule has 0 unspecified atom stereocenters. The van der Waals surface area contributed by atoms with E-state index in [1.807, 2.05) is 0 Å². The summed E-state index contributed by atoms with van der Waals surface area (Å²) in [5.41, 5.74) is 0.884. The van der Waals surface area contributed by atoms with Crippen LogP contribution < -0.4 is 0 Å². The third-order valence-corrected chi connectivity index (χ3v) is 5.61. The van der Waals surface area contributed by atoms with Crippen molar-refractivity contribution in [2.24, 2.45) is 11.8 Å². The van der Waals surface area contributed by atoms with Gasteiger partial charge in [0.25, 0.3) is 0 Å². The van der Waals surface area contributed by atoms with Crippen LogP contribution in [0.4, 0.5) is 0 Å². The molecule has 0 bridgehead atoms. The molecule has 6 nitrogen and oxygen atoms in total. The molecule has 0 amide bonds. The van der Waals surface area contributed by atoms with Crippen LogP contribution in [-0.2, 0) is 26.2 Å². The summed E-state index contributed by atoms with van der Waals surface area (Å²) >= 11 is 0. The van der Waals surface area contributed by atoms with Crippen molar-refractivity contribution < 1.29 is 23.1 Å². The quantitative estimate of drug-likeness (QED) is 0.882. The van der Waals surface area contributed by atoms with Crippen LogP contribution in [0.2, 0.25) is 0 Å². The summed E-state index contributed by atoms with van der Waals surface area (Å²) in [6, 6.07) is 6.46. The topological polar surface area (TPSA) is 83.9 Å². The number of ether oxygens (including phenoxy) is 1. The molecule has 0 radical (unpaired) electrons. The standard InChI is InChI=1S/C14H19NO5S/c1-10-7-15(8-13(10)14(16)17)21(18,19)12-5-3-11(4-6-12)9-20-2/h3-6,10,13H,7-9H2,1-2H3,(H,16,17)/t10-,13-/m1/s1. The first-order chi connectivity index (χ1) is 9.86. The maximum atomic E-state index is 12.5. The number of hydrogen-bond donors (Lipinski definition) is 1. The van der Waals surface area contributed by atoms with Crippen molar-refractivity contribution in [3.63, 3.8) is 0 Å². The molecule has 116 valence electrons. The van der Waals surface area contributed by atoms with Gasteiger partial charge in [0.2, 0.25) is 10.0 Å². The van der Waals surface area contributed by atoms with Gasteiger partial charge >= 0.3 is 5.97 Å². The van der Waals surface area contributed by atoms with E-state index < -0.39 is 21.9 Å². The van der Waals surface area contributed by atoms with Crippen LogP contribution in [0.15, 0.2) is 29.2 Å². The van der Waals surface area contributed by atoms with Gasteiger partial charge in [-0.15, -0.1) is 0 Å². The number of sulfonamides is 1. The van der Waals surface area contributed by atoms with Gasteiger partial charge in [-0.2, -0.15) is 4.31 Å². The average molecular weight is 313 g/mol. The molecule has 21 heavy (non-hydrogen) atoms. The molecule has 0 aliphatic carbocycles. The number of carbonyl (C=O) groups is 1. The Morgan fingerprint density at radius 3 is 2.43 bits per heavy atom. The Bertz CT molecular complexity index is 611. The van der Waals surface area contributed by atoms with E-state index in [-0.39, 0.29) is 23.9 Å². The minimum absolute atomic E-state index is 0.0264. The molecule has 0 aromatic heterocycles. The monoisotopic (exact) mass is 313 g/mol. The number of carboxylic acid groups (broad SMARTS) is 1. The van der Waals surface area contributed by atoms with Gasteiger partial charge in [0, 0.05) is 20.2 Å². The predicted octanol–water partition coefficient (Wildman–Crippen LogP) is 1.17. The van der Waals surface area contributed by atoms with Crippen LogP contribution in [0.5, 0.6) is 0 Å². The van der Waals surface area contributed by atoms with E-state index in [9.17, 15) is 13.2 Å². The second kappa shape index (κ2) is 6.13. The molecule has 1 heterocycles. The van der Waals surface area contributed by atoms with E-state index in [2.05, 4.69) is 0 Å². The lowest BCUT2D eigenvalue weighted by Gasteiger charge is -2.16. The van der Waals surface area contributed by atoms with Crippen molar-refractivity contribution in [2.75, 3.05) is 20.2 Å². The maximum Gasteiger partial charge on any atom is 0.308 e. The maximum absolute atomic E-state index is 12.5. The number of aliphatic carboxylic acids is 1. The fraction of sp³-hybridized carbons (Fsp3) is 0.500. The van der Waals surface area contributed by atoms with Gasteiger partial charge in [0.15, 0.2) is 0 Å². The van der Waals surface area contributed by atoms with Crippen molar-refractivity contribution in [3.05, 3.63) is 29.8 Å². The van der Waals surface area contributed by atoms with Gasteiger partial charge in [0.05, 0.1) is 17.4 Å². The summed E-state index contributed by atoms with van der Waals surface area (Å²) < 4.78 is 31.3. The van der Waals surface area contributed by atoms with Crippen LogP contribution in [0.25, 0.3) is 0 Å². The van der Waals surface area contributed by atoms with Crippen molar-refractivity contribution in [1.82, 2.24) is 4.31 Å². The molecular formula is C14H19NO5S. The minimum Gasteiger partial charge on any atom is -0.481 e. The molecule has 1 aromatic carbocycles. The van der Waals surface area contributed by atoms with E-state index in [0.29, 0.717) is 6.61 Å². The van der Waals surface area contributed by atoms with Crippen molar-refractivity contribution in [3.8, 4) is 0 Å². The van der Waals surface area contributed by atoms with Crippen molar-refractivity contribution in [1.29, 1.82) is 0 Å². The molecule has 2 atom stereocenters. The third-order valence-electron chi connectivity index (χ3n) is 3.77. The number of rotatable bonds is 5. The van der Waals surface area contributed by atoms with Crippen molar-refractivity contribution in [2.45, 2.75) is 18.4 Å². The highest BCUT2D eigenvalue weighted by Gasteiger charge is 2.40. The summed E-state index contributed by atoms with van der Waals surface area (Å²) in [5, 5.41) is 9.10. The Balaban J connectivity index is 2.20. The number of methoxy groups -OCH3 is 1. The van der Waals surface area contributed by atoms with Gasteiger partial charge in [-0.05, 0) is 23.6 Å². The van der Waals surface area contributed by atoms with E-state index >= 15 is 0 Å². The summed E-state index contributed by atoms with van der Waals surface area (Å²) in [6.07, 6.45) is 0. The smallest absolute Gasteiger partial charge is 0.308 e. The molecule has 0 saturated carbocycles. The number of benzene rings is 1. The van der Waals surface area contributed by atoms with Gasteiger partial charge in [0.1, 0.15) is 0 Å². The Morgan fingerprint density at radius 2 is 1.95 bits per heavy atom. The van der Waals surface area contributed by atoms with Crippen molar-refractivity contribution >= 4 is 16.0 Å². The lowest BCUT2D eigenvalue weighted by atomic mass is 9.99. The molecule has 1 saturated heterocycles. The van der Waals surface area contributed by atoms with Crippen LogP contribution in [0.1, 0.15) is 12.5 Å². The molecule has 1 aliphatic heterocycles. The molecule has 1 N–H and O–H groups in total. The van der Waals surface area contributed by atoms with Gasteiger partial charge < -0.3 is 9.84 Å². The fourth-order valence-electron chi connectivity index (χ4n) is 2.51. The molecule has 7 heteroatoms. The zero-order chi connectivity index (χ0) is 15.6. The molecule has 2 rings (SSSR count).